The lowest BCUT2D eigenvalue weighted by atomic mass is 9.64. The highest BCUT2D eigenvalue weighted by molar-refractivity contribution is 9.10. The predicted molar refractivity (Wildman–Crippen MR) is 118 cm³/mol. The maximum atomic E-state index is 13.7. The first kappa shape index (κ1) is 20.6. The number of hydrogen-bond acceptors (Lipinski definition) is 5. The number of rotatable bonds is 4. The van der Waals surface area contributed by atoms with E-state index in [0.29, 0.717) is 11.5 Å². The summed E-state index contributed by atoms with van der Waals surface area (Å²) in [6, 6.07) is 14.9. The van der Waals surface area contributed by atoms with E-state index in [1.165, 1.54) is 0 Å². The minimum Gasteiger partial charge on any atom is -0.496 e. The van der Waals surface area contributed by atoms with Gasteiger partial charge < -0.3 is 14.2 Å². The van der Waals surface area contributed by atoms with Gasteiger partial charge in [0, 0.05) is 15.8 Å². The van der Waals surface area contributed by atoms with Gasteiger partial charge in [-0.1, -0.05) is 53.4 Å². The van der Waals surface area contributed by atoms with Crippen LogP contribution in [0.15, 0.2) is 53.0 Å². The molecule has 6 heteroatoms. The summed E-state index contributed by atoms with van der Waals surface area (Å²) in [7, 11) is 1.62. The summed E-state index contributed by atoms with van der Waals surface area (Å²) in [5, 5.41) is 0. The average Bonchev–Trinajstić information content (AvgIpc) is 3.00. The summed E-state index contributed by atoms with van der Waals surface area (Å²) in [6.07, 6.45) is 4.70. The van der Waals surface area contributed by atoms with E-state index in [2.05, 4.69) is 15.9 Å². The highest BCUT2D eigenvalue weighted by Gasteiger charge is 2.72. The minimum atomic E-state index is -0.464. The Kier molecular flexibility index (Phi) is 5.29. The summed E-state index contributed by atoms with van der Waals surface area (Å²) in [5.74, 6) is -0.421. The van der Waals surface area contributed by atoms with Crippen LogP contribution < -0.4 is 9.47 Å². The third-order valence-electron chi connectivity index (χ3n) is 7.34. The SMILES string of the molecule is COc1ccccc1[C@H]1[C@@H]2C(=O)O[C@@H]2C2(CCCCC2)[C@H]1C(=O)Oc1ccc(Br)cc1. The smallest absolute Gasteiger partial charge is 0.315 e. The van der Waals surface area contributed by atoms with Crippen LogP contribution in [0.2, 0.25) is 0 Å². The van der Waals surface area contributed by atoms with Crippen LogP contribution in [0.5, 0.6) is 11.5 Å². The van der Waals surface area contributed by atoms with Gasteiger partial charge in [-0.05, 0) is 48.7 Å². The van der Waals surface area contributed by atoms with Crippen LogP contribution in [0.25, 0.3) is 0 Å². The van der Waals surface area contributed by atoms with Crippen molar-refractivity contribution in [1.82, 2.24) is 0 Å². The van der Waals surface area contributed by atoms with E-state index >= 15 is 0 Å². The van der Waals surface area contributed by atoms with Gasteiger partial charge in [0.1, 0.15) is 23.5 Å². The molecule has 0 radical (unpaired) electrons. The van der Waals surface area contributed by atoms with Gasteiger partial charge >= 0.3 is 11.9 Å². The van der Waals surface area contributed by atoms with E-state index in [-0.39, 0.29) is 35.3 Å². The van der Waals surface area contributed by atoms with Gasteiger partial charge in [0.05, 0.1) is 13.0 Å². The second-order valence-electron chi connectivity index (χ2n) is 8.80. The standard InChI is InChI=1S/C25H25BrO5/c1-29-18-8-4-3-7-17(18)19-20-22(31-23(20)27)25(13-5-2-6-14-25)21(19)24(28)30-16-11-9-15(26)10-12-16/h3-4,7-12,19-22H,2,5-6,13-14H2,1H3/t19-,20-,21+,22-/m0/s1. The van der Waals surface area contributed by atoms with Crippen LogP contribution in [0, 0.1) is 17.3 Å². The van der Waals surface area contributed by atoms with Crippen LogP contribution in [-0.2, 0) is 14.3 Å². The second kappa shape index (κ2) is 7.97. The molecule has 0 N–H and O–H groups in total. The Hall–Kier alpha value is -2.34. The lowest BCUT2D eigenvalue weighted by molar-refractivity contribution is -0.196. The summed E-state index contributed by atoms with van der Waals surface area (Å²) in [4.78, 5) is 26.4. The summed E-state index contributed by atoms with van der Waals surface area (Å²) in [5.41, 5.74) is 0.506. The molecule has 0 amide bonds. The zero-order chi connectivity index (χ0) is 21.6. The second-order valence-corrected chi connectivity index (χ2v) is 9.71. The fourth-order valence-corrected chi connectivity index (χ4v) is 6.33. The van der Waals surface area contributed by atoms with Gasteiger partial charge in [-0.2, -0.15) is 0 Å². The molecule has 2 saturated carbocycles. The van der Waals surface area contributed by atoms with Gasteiger partial charge in [-0.25, -0.2) is 0 Å². The number of carbonyl (C=O) groups is 2. The van der Waals surface area contributed by atoms with E-state index in [1.807, 2.05) is 36.4 Å². The fraction of sp³-hybridized carbons (Fsp3) is 0.440. The molecule has 2 aliphatic carbocycles. The molecule has 1 spiro atoms. The molecule has 2 aromatic carbocycles. The number of para-hydroxylation sites is 1. The Balaban J connectivity index is 1.59. The van der Waals surface area contributed by atoms with Crippen LogP contribution in [0.1, 0.15) is 43.6 Å². The summed E-state index contributed by atoms with van der Waals surface area (Å²) in [6.45, 7) is 0. The molecule has 3 aliphatic rings. The predicted octanol–water partition coefficient (Wildman–Crippen LogP) is 5.27. The van der Waals surface area contributed by atoms with E-state index in [0.717, 1.165) is 42.1 Å². The molecule has 4 atom stereocenters. The fourth-order valence-electron chi connectivity index (χ4n) is 6.06. The van der Waals surface area contributed by atoms with Crippen molar-refractivity contribution in [3.05, 3.63) is 58.6 Å². The number of hydrogen-bond donors (Lipinski definition) is 0. The highest BCUT2D eigenvalue weighted by Crippen LogP contribution is 2.66. The normalized spacial score (nSPS) is 28.4. The number of fused-ring (bicyclic) bond motifs is 2. The van der Waals surface area contributed by atoms with Crippen LogP contribution in [-0.4, -0.2) is 25.2 Å². The first-order valence-electron chi connectivity index (χ1n) is 10.9. The topological polar surface area (TPSA) is 61.8 Å². The molecule has 162 valence electrons. The summed E-state index contributed by atoms with van der Waals surface area (Å²) < 4.78 is 18.2. The van der Waals surface area contributed by atoms with Crippen LogP contribution >= 0.6 is 15.9 Å². The van der Waals surface area contributed by atoms with E-state index in [9.17, 15) is 9.59 Å². The quantitative estimate of drug-likeness (QED) is 0.436. The molecule has 1 aliphatic heterocycles. The van der Waals surface area contributed by atoms with Crippen molar-refractivity contribution in [3.63, 3.8) is 0 Å². The van der Waals surface area contributed by atoms with Gasteiger partial charge in [0.25, 0.3) is 0 Å². The molecule has 0 bridgehead atoms. The molecule has 1 saturated heterocycles. The Morgan fingerprint density at radius 1 is 1.03 bits per heavy atom. The van der Waals surface area contributed by atoms with Crippen molar-refractivity contribution >= 4 is 27.9 Å². The molecule has 5 rings (SSSR count). The largest absolute Gasteiger partial charge is 0.496 e. The summed E-state index contributed by atoms with van der Waals surface area (Å²) >= 11 is 3.41. The zero-order valence-corrected chi connectivity index (χ0v) is 19.0. The van der Waals surface area contributed by atoms with Gasteiger partial charge in [0.2, 0.25) is 0 Å². The molecular formula is C25H25BrO5. The van der Waals surface area contributed by atoms with Gasteiger partial charge in [-0.3, -0.25) is 9.59 Å². The molecule has 1 heterocycles. The average molecular weight is 485 g/mol. The van der Waals surface area contributed by atoms with Gasteiger partial charge in [0.15, 0.2) is 0 Å². The Labute approximate surface area is 190 Å². The van der Waals surface area contributed by atoms with Crippen LogP contribution in [0.4, 0.5) is 0 Å². The molecular weight excluding hydrogens is 460 g/mol. The molecule has 5 nitrogen and oxygen atoms in total. The van der Waals surface area contributed by atoms with Gasteiger partial charge in [-0.15, -0.1) is 0 Å². The lowest BCUT2D eigenvalue weighted by Crippen LogP contribution is -2.52. The number of ether oxygens (including phenoxy) is 3. The van der Waals surface area contributed by atoms with Crippen molar-refractivity contribution in [2.24, 2.45) is 17.3 Å². The number of carbonyl (C=O) groups excluding carboxylic acids is 2. The Morgan fingerprint density at radius 2 is 1.74 bits per heavy atom. The highest BCUT2D eigenvalue weighted by atomic mass is 79.9. The molecule has 2 aromatic rings. The third-order valence-corrected chi connectivity index (χ3v) is 7.87. The van der Waals surface area contributed by atoms with Crippen molar-refractivity contribution in [2.45, 2.75) is 44.1 Å². The maximum absolute atomic E-state index is 13.7. The number of benzene rings is 2. The van der Waals surface area contributed by atoms with Crippen molar-refractivity contribution < 1.29 is 23.8 Å². The lowest BCUT2D eigenvalue weighted by Gasteiger charge is -2.45. The number of halogens is 1. The Bertz CT molecular complexity index is 995. The molecule has 3 fully saturated rings. The van der Waals surface area contributed by atoms with E-state index < -0.39 is 5.92 Å². The first-order chi connectivity index (χ1) is 15.0. The molecule has 0 aromatic heterocycles. The molecule has 31 heavy (non-hydrogen) atoms. The molecule has 0 unspecified atom stereocenters. The number of methoxy groups -OCH3 is 1. The maximum Gasteiger partial charge on any atom is 0.315 e. The van der Waals surface area contributed by atoms with Crippen molar-refractivity contribution in [3.8, 4) is 11.5 Å². The van der Waals surface area contributed by atoms with E-state index in [1.54, 1.807) is 19.2 Å². The van der Waals surface area contributed by atoms with E-state index in [4.69, 9.17) is 14.2 Å². The van der Waals surface area contributed by atoms with Crippen LogP contribution in [0.3, 0.4) is 0 Å². The van der Waals surface area contributed by atoms with Crippen molar-refractivity contribution in [2.75, 3.05) is 7.11 Å². The first-order valence-corrected chi connectivity index (χ1v) is 11.6. The monoisotopic (exact) mass is 484 g/mol. The zero-order valence-electron chi connectivity index (χ0n) is 17.4. The number of esters is 2. The Morgan fingerprint density at radius 3 is 2.42 bits per heavy atom. The third kappa shape index (κ3) is 3.27. The van der Waals surface area contributed by atoms with Crippen molar-refractivity contribution in [1.29, 1.82) is 0 Å². The minimum absolute atomic E-state index is 0.218.